The summed E-state index contributed by atoms with van der Waals surface area (Å²) in [5.41, 5.74) is 6.75. The molecule has 3 amide bonds. The van der Waals surface area contributed by atoms with Crippen LogP contribution in [0, 0.1) is 10.5 Å². The van der Waals surface area contributed by atoms with Crippen LogP contribution in [-0.4, -0.2) is 44.4 Å². The molecule has 0 saturated heterocycles. The number of esters is 1. The molecule has 0 aromatic heterocycles. The van der Waals surface area contributed by atoms with Crippen LogP contribution in [0.5, 0.6) is 17.2 Å². The lowest BCUT2D eigenvalue weighted by Crippen LogP contribution is -2.45. The normalized spacial score (nSPS) is 14.5. The van der Waals surface area contributed by atoms with E-state index in [4.69, 9.17) is 18.9 Å². The van der Waals surface area contributed by atoms with Gasteiger partial charge in [-0.1, -0.05) is 35.9 Å². The molecule has 3 aromatic rings. The highest BCUT2D eigenvalue weighted by atomic mass is 127. The number of benzene rings is 3. The molecule has 3 aromatic carbocycles. The van der Waals surface area contributed by atoms with Crippen molar-refractivity contribution in [3.63, 3.8) is 0 Å². The summed E-state index contributed by atoms with van der Waals surface area (Å²) in [5.74, 6) is 0.342. The molecular formula is C32H33IN4O7. The molecule has 0 bridgehead atoms. The summed E-state index contributed by atoms with van der Waals surface area (Å²) in [4.78, 5) is 37.2. The predicted octanol–water partition coefficient (Wildman–Crippen LogP) is 4.91. The van der Waals surface area contributed by atoms with Crippen molar-refractivity contribution in [3.05, 3.63) is 97.8 Å². The first kappa shape index (κ1) is 32.3. The van der Waals surface area contributed by atoms with Crippen molar-refractivity contribution in [1.29, 1.82) is 0 Å². The first-order chi connectivity index (χ1) is 21.2. The molecule has 230 valence electrons. The van der Waals surface area contributed by atoms with E-state index < -0.39 is 23.9 Å². The largest absolute Gasteiger partial charge is 0.493 e. The van der Waals surface area contributed by atoms with Gasteiger partial charge in [0.25, 0.3) is 5.91 Å². The Hall–Kier alpha value is -4.59. The Balaban J connectivity index is 1.33. The Morgan fingerprint density at radius 3 is 2.55 bits per heavy atom. The minimum absolute atomic E-state index is 0.188. The Labute approximate surface area is 269 Å². The smallest absolute Gasteiger partial charge is 0.338 e. The van der Waals surface area contributed by atoms with Crippen molar-refractivity contribution in [2.75, 3.05) is 20.3 Å². The maximum atomic E-state index is 12.6. The molecule has 1 aliphatic rings. The second-order valence-electron chi connectivity index (χ2n) is 9.75. The number of methoxy groups -OCH3 is 1. The molecule has 1 heterocycles. The lowest BCUT2D eigenvalue weighted by molar-refractivity contribution is -0.139. The molecule has 0 spiro atoms. The van der Waals surface area contributed by atoms with E-state index in [1.807, 2.05) is 43.3 Å². The van der Waals surface area contributed by atoms with Gasteiger partial charge in [0.1, 0.15) is 12.4 Å². The average molecular weight is 713 g/mol. The fourth-order valence-corrected chi connectivity index (χ4v) is 5.13. The van der Waals surface area contributed by atoms with Gasteiger partial charge in [-0.15, -0.1) is 0 Å². The SMILES string of the molecule is CCOC(=O)C1=C(C)NC(=O)N[C@@H]1c1ccc(OCC(=O)N/N=C\c2ccc(OCc3cccc(C)c3)c(I)c2)c(OC)c1. The fraction of sp³-hybridized carbons (Fsp3) is 0.250. The highest BCUT2D eigenvalue weighted by Crippen LogP contribution is 2.34. The molecule has 4 rings (SSSR count). The van der Waals surface area contributed by atoms with Crippen molar-refractivity contribution in [2.24, 2.45) is 5.10 Å². The molecule has 11 nitrogen and oxygen atoms in total. The summed E-state index contributed by atoms with van der Waals surface area (Å²) in [5, 5.41) is 9.36. The van der Waals surface area contributed by atoms with Crippen LogP contribution in [-0.2, 0) is 20.9 Å². The number of carbonyl (C=O) groups is 3. The molecule has 0 radical (unpaired) electrons. The molecule has 0 unspecified atom stereocenters. The number of aryl methyl sites for hydroxylation is 1. The van der Waals surface area contributed by atoms with Gasteiger partial charge >= 0.3 is 12.0 Å². The number of amides is 3. The number of hydrogen-bond donors (Lipinski definition) is 3. The van der Waals surface area contributed by atoms with Crippen LogP contribution in [0.25, 0.3) is 0 Å². The monoisotopic (exact) mass is 712 g/mol. The highest BCUT2D eigenvalue weighted by molar-refractivity contribution is 14.1. The number of nitrogens with zero attached hydrogens (tertiary/aromatic N) is 1. The van der Waals surface area contributed by atoms with Gasteiger partial charge in [-0.25, -0.2) is 15.0 Å². The molecule has 0 fully saturated rings. The molecule has 12 heteroatoms. The van der Waals surface area contributed by atoms with Crippen molar-refractivity contribution >= 4 is 46.7 Å². The van der Waals surface area contributed by atoms with Crippen LogP contribution in [0.15, 0.2) is 77.0 Å². The quantitative estimate of drug-likeness (QED) is 0.105. The van der Waals surface area contributed by atoms with Gasteiger partial charge in [-0.2, -0.15) is 5.10 Å². The number of rotatable bonds is 12. The Bertz CT molecular complexity index is 1610. The van der Waals surface area contributed by atoms with E-state index in [1.165, 1.54) is 18.9 Å². The van der Waals surface area contributed by atoms with E-state index in [0.717, 1.165) is 20.4 Å². The lowest BCUT2D eigenvalue weighted by atomic mass is 9.95. The molecular weight excluding hydrogens is 679 g/mol. The Morgan fingerprint density at radius 2 is 1.82 bits per heavy atom. The number of hydrogen-bond acceptors (Lipinski definition) is 8. The van der Waals surface area contributed by atoms with Crippen LogP contribution in [0.1, 0.15) is 42.1 Å². The van der Waals surface area contributed by atoms with Crippen molar-refractivity contribution in [1.82, 2.24) is 16.1 Å². The van der Waals surface area contributed by atoms with Gasteiger partial charge in [0.05, 0.1) is 35.1 Å². The third-order valence-electron chi connectivity index (χ3n) is 6.48. The summed E-state index contributed by atoms with van der Waals surface area (Å²) >= 11 is 2.20. The minimum atomic E-state index is -0.764. The van der Waals surface area contributed by atoms with E-state index in [9.17, 15) is 14.4 Å². The Kier molecular flexibility index (Phi) is 11.2. The van der Waals surface area contributed by atoms with E-state index in [0.29, 0.717) is 29.4 Å². The number of allylic oxidation sites excluding steroid dienone is 1. The van der Waals surface area contributed by atoms with E-state index in [1.54, 1.807) is 32.0 Å². The molecule has 0 saturated carbocycles. The van der Waals surface area contributed by atoms with Crippen molar-refractivity contribution in [3.8, 4) is 17.2 Å². The summed E-state index contributed by atoms with van der Waals surface area (Å²) in [6.07, 6.45) is 1.53. The van der Waals surface area contributed by atoms with Gasteiger partial charge in [-0.05, 0) is 90.4 Å². The van der Waals surface area contributed by atoms with Crippen LogP contribution in [0.2, 0.25) is 0 Å². The summed E-state index contributed by atoms with van der Waals surface area (Å²) in [7, 11) is 1.45. The van der Waals surface area contributed by atoms with Gasteiger partial charge in [0, 0.05) is 5.70 Å². The van der Waals surface area contributed by atoms with Crippen LogP contribution in [0.3, 0.4) is 0 Å². The zero-order valence-electron chi connectivity index (χ0n) is 24.7. The topological polar surface area (TPSA) is 137 Å². The predicted molar refractivity (Wildman–Crippen MR) is 173 cm³/mol. The van der Waals surface area contributed by atoms with Gasteiger partial charge in [-0.3, -0.25) is 4.79 Å². The summed E-state index contributed by atoms with van der Waals surface area (Å²) < 4.78 is 23.2. The van der Waals surface area contributed by atoms with Crippen LogP contribution >= 0.6 is 22.6 Å². The first-order valence-electron chi connectivity index (χ1n) is 13.7. The van der Waals surface area contributed by atoms with Crippen molar-refractivity contribution < 1.29 is 33.3 Å². The maximum Gasteiger partial charge on any atom is 0.338 e. The second-order valence-corrected chi connectivity index (χ2v) is 10.9. The first-order valence-corrected chi connectivity index (χ1v) is 14.8. The average Bonchev–Trinajstić information content (AvgIpc) is 2.99. The number of ether oxygens (including phenoxy) is 4. The van der Waals surface area contributed by atoms with Crippen LogP contribution < -0.4 is 30.3 Å². The third kappa shape index (κ3) is 8.49. The van der Waals surface area contributed by atoms with E-state index in [-0.39, 0.29) is 18.8 Å². The second kappa shape index (κ2) is 15.2. The van der Waals surface area contributed by atoms with Gasteiger partial charge in [0.2, 0.25) is 0 Å². The lowest BCUT2D eigenvalue weighted by Gasteiger charge is -2.28. The number of nitrogens with one attached hydrogen (secondary N) is 3. The maximum absolute atomic E-state index is 12.6. The molecule has 44 heavy (non-hydrogen) atoms. The van der Waals surface area contributed by atoms with E-state index >= 15 is 0 Å². The third-order valence-corrected chi connectivity index (χ3v) is 7.32. The minimum Gasteiger partial charge on any atom is -0.493 e. The molecule has 1 atom stereocenters. The van der Waals surface area contributed by atoms with Crippen molar-refractivity contribution in [2.45, 2.75) is 33.4 Å². The molecule has 1 aliphatic heterocycles. The number of urea groups is 1. The van der Waals surface area contributed by atoms with Gasteiger partial charge in [0.15, 0.2) is 18.1 Å². The van der Waals surface area contributed by atoms with Crippen LogP contribution in [0.4, 0.5) is 4.79 Å². The Morgan fingerprint density at radius 1 is 1.02 bits per heavy atom. The van der Waals surface area contributed by atoms with Gasteiger partial charge < -0.3 is 29.6 Å². The number of halogens is 1. The summed E-state index contributed by atoms with van der Waals surface area (Å²) in [6.45, 7) is 5.71. The fourth-order valence-electron chi connectivity index (χ4n) is 4.44. The standard InChI is InChI=1S/C32H33IN4O7/c1-5-42-31(39)29-20(3)35-32(40)36-30(29)23-10-12-26(27(15-23)41-4)44-18-28(38)37-34-16-21-9-11-25(24(33)14-21)43-17-22-8-6-7-19(2)13-22/h6-16,30H,5,17-18H2,1-4H3,(H,37,38)(H2,35,36,40)/b34-16-/t30-/m1/s1. The molecule has 3 N–H and O–H groups in total. The van der Waals surface area contributed by atoms with E-state index in [2.05, 4.69) is 49.8 Å². The highest BCUT2D eigenvalue weighted by Gasteiger charge is 2.32. The number of carbonyl (C=O) groups excluding carboxylic acids is 3. The zero-order valence-corrected chi connectivity index (χ0v) is 26.9. The zero-order chi connectivity index (χ0) is 31.6. The number of hydrazone groups is 1. The summed E-state index contributed by atoms with van der Waals surface area (Å²) in [6, 6.07) is 17.5. The molecule has 0 aliphatic carbocycles.